The van der Waals surface area contributed by atoms with Crippen molar-refractivity contribution >= 4 is 15.9 Å². The van der Waals surface area contributed by atoms with Gasteiger partial charge in [-0.15, -0.1) is 0 Å². The summed E-state index contributed by atoms with van der Waals surface area (Å²) in [4.78, 5) is 13.0. The molecule has 1 atom stereocenters. The Morgan fingerprint density at radius 2 is 1.66 bits per heavy atom. The molecule has 1 N–H and O–H groups in total. The van der Waals surface area contributed by atoms with Crippen molar-refractivity contribution in [1.82, 2.24) is 9.62 Å². The Bertz CT molecular complexity index is 1020. The predicted molar refractivity (Wildman–Crippen MR) is 116 cm³/mol. The van der Waals surface area contributed by atoms with Gasteiger partial charge < -0.3 is 5.32 Å². The van der Waals surface area contributed by atoms with Gasteiger partial charge in [0.1, 0.15) is 0 Å². The fourth-order valence-electron chi connectivity index (χ4n) is 4.22. The number of aryl methyl sites for hydroxylation is 5. The Balaban J connectivity index is 1.78. The van der Waals surface area contributed by atoms with Crippen molar-refractivity contribution in [3.05, 3.63) is 63.7 Å². The minimum absolute atomic E-state index is 0.167. The third-order valence-electron chi connectivity index (χ3n) is 5.76. The molecule has 0 spiro atoms. The molecule has 2 aromatic rings. The second-order valence-corrected chi connectivity index (χ2v) is 9.98. The molecule has 1 aliphatic rings. The fraction of sp³-hybridized carbons (Fsp3) is 0.435. The number of carbonyl (C=O) groups is 1. The minimum Gasteiger partial charge on any atom is -0.350 e. The number of hydrogen-bond acceptors (Lipinski definition) is 3. The van der Waals surface area contributed by atoms with Crippen molar-refractivity contribution in [2.45, 2.75) is 58.4 Å². The zero-order chi connectivity index (χ0) is 21.3. The van der Waals surface area contributed by atoms with Gasteiger partial charge in [-0.05, 0) is 81.8 Å². The number of nitrogens with one attached hydrogen (secondary N) is 1. The van der Waals surface area contributed by atoms with Crippen molar-refractivity contribution < 1.29 is 13.2 Å². The molecule has 0 bridgehead atoms. The van der Waals surface area contributed by atoms with E-state index >= 15 is 0 Å². The smallest absolute Gasteiger partial charge is 0.251 e. The molecule has 156 valence electrons. The number of amides is 1. The Morgan fingerprint density at radius 1 is 1.00 bits per heavy atom. The first kappa shape index (κ1) is 21.5. The Labute approximate surface area is 174 Å². The molecule has 0 saturated carbocycles. The molecular weight excluding hydrogens is 384 g/mol. The van der Waals surface area contributed by atoms with Crippen molar-refractivity contribution in [2.75, 3.05) is 13.1 Å². The van der Waals surface area contributed by atoms with Gasteiger partial charge in [0.25, 0.3) is 5.91 Å². The molecule has 1 saturated heterocycles. The molecule has 1 aliphatic heterocycles. The number of hydrogen-bond donors (Lipinski definition) is 1. The summed E-state index contributed by atoms with van der Waals surface area (Å²) in [7, 11) is -3.61. The largest absolute Gasteiger partial charge is 0.350 e. The molecule has 0 radical (unpaired) electrons. The highest BCUT2D eigenvalue weighted by Crippen LogP contribution is 2.30. The van der Waals surface area contributed by atoms with Crippen molar-refractivity contribution in [3.63, 3.8) is 0 Å². The summed E-state index contributed by atoms with van der Waals surface area (Å²) in [5.74, 6) is -0.167. The normalized spacial score (nSPS) is 17.5. The first-order valence-electron chi connectivity index (χ1n) is 10.1. The maximum Gasteiger partial charge on any atom is 0.251 e. The lowest BCUT2D eigenvalue weighted by Crippen LogP contribution is -2.43. The molecular formula is C23H30N2O3S. The molecule has 0 aliphatic carbocycles. The van der Waals surface area contributed by atoms with E-state index in [0.717, 1.165) is 40.7 Å². The van der Waals surface area contributed by atoms with Crippen LogP contribution in [-0.4, -0.2) is 37.8 Å². The predicted octanol–water partition coefficient (Wildman–Crippen LogP) is 3.81. The summed E-state index contributed by atoms with van der Waals surface area (Å²) >= 11 is 0. The van der Waals surface area contributed by atoms with Crippen LogP contribution in [0.25, 0.3) is 0 Å². The van der Waals surface area contributed by atoms with E-state index in [4.69, 9.17) is 0 Å². The maximum absolute atomic E-state index is 13.4. The van der Waals surface area contributed by atoms with Gasteiger partial charge in [0.2, 0.25) is 10.0 Å². The zero-order valence-corrected chi connectivity index (χ0v) is 18.7. The molecule has 0 aromatic heterocycles. The number of rotatable bonds is 5. The van der Waals surface area contributed by atoms with E-state index in [-0.39, 0.29) is 11.9 Å². The summed E-state index contributed by atoms with van der Waals surface area (Å²) in [6.07, 6.45) is 1.55. The van der Waals surface area contributed by atoms with E-state index < -0.39 is 10.0 Å². The van der Waals surface area contributed by atoms with Crippen LogP contribution < -0.4 is 5.32 Å². The third kappa shape index (κ3) is 4.38. The SMILES string of the molecule is Cc1cc(C)c(S(=O)(=O)N2CCCC2CNC(=O)c2ccc(C)c(C)c2)c(C)c1. The summed E-state index contributed by atoms with van der Waals surface area (Å²) in [6, 6.07) is 9.20. The number of carbonyl (C=O) groups excluding carboxylic acids is 1. The van der Waals surface area contributed by atoms with Crippen LogP contribution in [0.5, 0.6) is 0 Å². The van der Waals surface area contributed by atoms with Crippen LogP contribution >= 0.6 is 0 Å². The molecule has 6 heteroatoms. The molecule has 1 heterocycles. The minimum atomic E-state index is -3.61. The highest BCUT2D eigenvalue weighted by Gasteiger charge is 2.37. The van der Waals surface area contributed by atoms with E-state index in [1.165, 1.54) is 0 Å². The van der Waals surface area contributed by atoms with Crippen LogP contribution in [0, 0.1) is 34.6 Å². The highest BCUT2D eigenvalue weighted by molar-refractivity contribution is 7.89. The molecule has 1 unspecified atom stereocenters. The van der Waals surface area contributed by atoms with Gasteiger partial charge in [-0.25, -0.2) is 8.42 Å². The Kier molecular flexibility index (Phi) is 6.15. The topological polar surface area (TPSA) is 66.5 Å². The van der Waals surface area contributed by atoms with E-state index in [1.807, 2.05) is 58.9 Å². The summed E-state index contributed by atoms with van der Waals surface area (Å²) in [5, 5.41) is 2.93. The average Bonchev–Trinajstić information content (AvgIpc) is 3.10. The van der Waals surface area contributed by atoms with Gasteiger partial charge in [-0.2, -0.15) is 4.31 Å². The highest BCUT2D eigenvalue weighted by atomic mass is 32.2. The van der Waals surface area contributed by atoms with Gasteiger partial charge in [-0.3, -0.25) is 4.79 Å². The van der Waals surface area contributed by atoms with E-state index in [2.05, 4.69) is 5.32 Å². The summed E-state index contributed by atoms with van der Waals surface area (Å²) in [5.41, 5.74) is 5.40. The van der Waals surface area contributed by atoms with Crippen LogP contribution in [0.15, 0.2) is 35.2 Å². The van der Waals surface area contributed by atoms with Crippen LogP contribution in [0.3, 0.4) is 0 Å². The Hall–Kier alpha value is -2.18. The number of sulfonamides is 1. The van der Waals surface area contributed by atoms with Crippen molar-refractivity contribution in [3.8, 4) is 0 Å². The van der Waals surface area contributed by atoms with Crippen molar-refractivity contribution in [2.24, 2.45) is 0 Å². The van der Waals surface area contributed by atoms with Gasteiger partial charge in [-0.1, -0.05) is 23.8 Å². The fourth-order valence-corrected chi connectivity index (χ4v) is 6.32. The molecule has 2 aromatic carbocycles. The quantitative estimate of drug-likeness (QED) is 0.809. The molecule has 29 heavy (non-hydrogen) atoms. The van der Waals surface area contributed by atoms with Gasteiger partial charge >= 0.3 is 0 Å². The third-order valence-corrected chi connectivity index (χ3v) is 8.02. The summed E-state index contributed by atoms with van der Waals surface area (Å²) in [6.45, 7) is 10.4. The monoisotopic (exact) mass is 414 g/mol. The Morgan fingerprint density at radius 3 is 2.28 bits per heavy atom. The van der Waals surface area contributed by atoms with E-state index in [0.29, 0.717) is 23.5 Å². The summed E-state index contributed by atoms with van der Waals surface area (Å²) < 4.78 is 28.4. The van der Waals surface area contributed by atoms with E-state index in [1.54, 1.807) is 10.4 Å². The van der Waals surface area contributed by atoms with Crippen LogP contribution in [0.2, 0.25) is 0 Å². The standard InChI is InChI=1S/C23H30N2O3S/c1-15-11-18(4)22(19(5)12-15)29(27,28)25-10-6-7-21(25)14-24-23(26)20-9-8-16(2)17(3)13-20/h8-9,11-13,21H,6-7,10,14H2,1-5H3,(H,24,26). The van der Waals surface area contributed by atoms with Gasteiger partial charge in [0.15, 0.2) is 0 Å². The van der Waals surface area contributed by atoms with Gasteiger partial charge in [0.05, 0.1) is 4.90 Å². The average molecular weight is 415 g/mol. The lowest BCUT2D eigenvalue weighted by atomic mass is 10.1. The molecule has 3 rings (SSSR count). The van der Waals surface area contributed by atoms with Crippen LogP contribution in [-0.2, 0) is 10.0 Å². The second-order valence-electron chi connectivity index (χ2n) is 8.15. The zero-order valence-electron chi connectivity index (χ0n) is 17.9. The van der Waals surface area contributed by atoms with E-state index in [9.17, 15) is 13.2 Å². The molecule has 1 amide bonds. The maximum atomic E-state index is 13.4. The number of nitrogens with zero attached hydrogens (tertiary/aromatic N) is 1. The van der Waals surface area contributed by atoms with Gasteiger partial charge in [0, 0.05) is 24.7 Å². The number of benzene rings is 2. The van der Waals surface area contributed by atoms with Crippen LogP contribution in [0.1, 0.15) is 51.0 Å². The first-order chi connectivity index (χ1) is 13.6. The molecule has 5 nitrogen and oxygen atoms in total. The van der Waals surface area contributed by atoms with Crippen LogP contribution in [0.4, 0.5) is 0 Å². The second kappa shape index (κ2) is 8.28. The molecule has 1 fully saturated rings. The first-order valence-corrected chi connectivity index (χ1v) is 11.5. The lowest BCUT2D eigenvalue weighted by Gasteiger charge is -2.26. The van der Waals surface area contributed by atoms with Crippen molar-refractivity contribution in [1.29, 1.82) is 0 Å². The lowest BCUT2D eigenvalue weighted by molar-refractivity contribution is 0.0946.